The second-order valence-corrected chi connectivity index (χ2v) is 20.1. The molecule has 0 aromatic heterocycles. The van der Waals surface area contributed by atoms with Crippen molar-refractivity contribution in [3.63, 3.8) is 0 Å². The van der Waals surface area contributed by atoms with Gasteiger partial charge in [-0.05, 0) is 19.8 Å². The molecule has 0 unspecified atom stereocenters. The Bertz CT molecular complexity index is 1520. The van der Waals surface area contributed by atoms with Crippen LogP contribution < -0.4 is 0 Å². The molecular weight excluding hydrogens is 932 g/mol. The van der Waals surface area contributed by atoms with E-state index in [2.05, 4.69) is 6.92 Å². The molecular formula is C47H80O23. The summed E-state index contributed by atoms with van der Waals surface area (Å²) in [5, 5.41) is 63.1. The molecule has 0 aromatic rings. The minimum atomic E-state index is -1.03. The van der Waals surface area contributed by atoms with E-state index in [1.165, 1.54) is 0 Å². The van der Waals surface area contributed by atoms with Crippen LogP contribution in [0, 0.1) is 5.92 Å². The maximum Gasteiger partial charge on any atom is 0.184 e. The zero-order chi connectivity index (χ0) is 49.3. The highest BCUT2D eigenvalue weighted by atomic mass is 16.8. The molecule has 406 valence electrons. The van der Waals surface area contributed by atoms with E-state index in [9.17, 15) is 30.6 Å². The summed E-state index contributed by atoms with van der Waals surface area (Å²) in [6, 6.07) is 0. The van der Waals surface area contributed by atoms with Crippen LogP contribution in [0.1, 0.15) is 84.5 Å². The maximum absolute atomic E-state index is 11.2. The maximum atomic E-state index is 11.2. The standard InChI is InChI=1S/C47H80O23/c1-5-6-7-25-8-27(65-43-37(52)13-31(21-60-43)67-44-38(53)12-30(20-61-44)66-42-35(50)9-26(48)16-57-42)18-58-41(25)64-29-11-36(51)45(59-19-29)68-32-14-39(54-3)47(62-22-32)70-33-15-40(55-4)46(63-23-33)69-28-10-34(49)24(2)56-17-28/h24-53H,5-23H2,1-4H3/t24-,25-,26+,27+,28+,29+,30+,31+,32+,33+,34-,35-,36-,37-,38-,39-,40-,41-,42-,43-,44-,45-,46-,47-/m1/s1. The number of methoxy groups -OCH3 is 2. The predicted molar refractivity (Wildman–Crippen MR) is 235 cm³/mol. The summed E-state index contributed by atoms with van der Waals surface area (Å²) in [7, 11) is 3.18. The Morgan fingerprint density at radius 1 is 0.371 bits per heavy atom. The molecule has 70 heavy (non-hydrogen) atoms. The summed E-state index contributed by atoms with van der Waals surface area (Å²) in [5.74, 6) is -0.0228. The zero-order valence-electron chi connectivity index (χ0n) is 40.9. The molecule has 8 rings (SSSR count). The number of aliphatic hydroxyl groups is 6. The van der Waals surface area contributed by atoms with Gasteiger partial charge in [0.25, 0.3) is 0 Å². The average Bonchev–Trinajstić information content (AvgIpc) is 3.34. The highest BCUT2D eigenvalue weighted by Crippen LogP contribution is 2.35. The summed E-state index contributed by atoms with van der Waals surface area (Å²) in [6.45, 7) is 5.41. The number of rotatable bonds is 19. The van der Waals surface area contributed by atoms with Gasteiger partial charge in [0.15, 0.2) is 44.0 Å². The first kappa shape index (κ1) is 55.3. The van der Waals surface area contributed by atoms with Gasteiger partial charge in [0.05, 0.1) is 114 Å². The van der Waals surface area contributed by atoms with Crippen LogP contribution in [0.15, 0.2) is 0 Å². The normalized spacial score (nSPS) is 47.7. The molecule has 23 nitrogen and oxygen atoms in total. The van der Waals surface area contributed by atoms with Crippen LogP contribution in [0.3, 0.4) is 0 Å². The van der Waals surface area contributed by atoms with E-state index in [0.29, 0.717) is 32.3 Å². The van der Waals surface area contributed by atoms with Gasteiger partial charge in [0.1, 0.15) is 36.6 Å². The SMILES string of the molecule is CCCC[C@@H]1C[C@H](O[C@H]2OC[C@@H](O[C@H]3OC[C@@H](O[C@H]4OC[C@@H](O)C[C@H]4O)C[C@H]3O)C[C@H]2O)CO[C@@H]1O[C@@H]1CO[C@H](O[C@@H]2CO[C@H](O[C@@H]3CO[C@H](O[C@@H]4CO[C@H](C)[C@H](O)C4)[C@H](OC)C3)[C@H](OC)C2)[C@H](O)C1. The second kappa shape index (κ2) is 26.7. The third-order valence-electron chi connectivity index (χ3n) is 14.4. The molecule has 6 N–H and O–H groups in total. The van der Waals surface area contributed by atoms with Crippen LogP contribution >= 0.6 is 0 Å². The van der Waals surface area contributed by atoms with Gasteiger partial charge in [-0.3, -0.25) is 0 Å². The van der Waals surface area contributed by atoms with Crippen molar-refractivity contribution in [3.8, 4) is 0 Å². The van der Waals surface area contributed by atoms with Crippen molar-refractivity contribution < 1.29 is 111 Å². The van der Waals surface area contributed by atoms with Gasteiger partial charge < -0.3 is 111 Å². The van der Waals surface area contributed by atoms with Crippen molar-refractivity contribution >= 4 is 0 Å². The molecule has 0 aliphatic carbocycles. The first-order chi connectivity index (χ1) is 33.8. The van der Waals surface area contributed by atoms with Crippen LogP contribution in [0.2, 0.25) is 0 Å². The Morgan fingerprint density at radius 3 is 1.10 bits per heavy atom. The molecule has 23 heteroatoms. The zero-order valence-corrected chi connectivity index (χ0v) is 40.9. The van der Waals surface area contributed by atoms with Crippen LogP contribution in [0.5, 0.6) is 0 Å². The summed E-state index contributed by atoms with van der Waals surface area (Å²) in [5.41, 5.74) is 0. The molecule has 8 heterocycles. The van der Waals surface area contributed by atoms with Gasteiger partial charge in [-0.15, -0.1) is 0 Å². The molecule has 8 saturated heterocycles. The number of hydrogen-bond donors (Lipinski definition) is 6. The highest BCUT2D eigenvalue weighted by molar-refractivity contribution is 4.86. The average molecular weight is 1010 g/mol. The monoisotopic (exact) mass is 1010 g/mol. The Balaban J connectivity index is 0.722. The third kappa shape index (κ3) is 15.1. The summed E-state index contributed by atoms with van der Waals surface area (Å²) in [6.07, 6.45) is -9.54. The molecule has 0 aromatic carbocycles. The molecule has 0 amide bonds. The van der Waals surface area contributed by atoms with Crippen LogP contribution in [0.25, 0.3) is 0 Å². The number of unbranched alkanes of at least 4 members (excludes halogenated alkanes) is 1. The van der Waals surface area contributed by atoms with Crippen LogP contribution in [0.4, 0.5) is 0 Å². The molecule has 24 atom stereocenters. The fraction of sp³-hybridized carbons (Fsp3) is 1.00. The Hall–Kier alpha value is -0.920. The number of ether oxygens (including phenoxy) is 17. The smallest absolute Gasteiger partial charge is 0.184 e. The van der Waals surface area contributed by atoms with Crippen LogP contribution in [-0.4, -0.2) is 239 Å². The first-order valence-corrected chi connectivity index (χ1v) is 25.5. The quantitative estimate of drug-likeness (QED) is 0.0971. The van der Waals surface area contributed by atoms with Crippen molar-refractivity contribution in [1.82, 2.24) is 0 Å². The highest BCUT2D eigenvalue weighted by Gasteiger charge is 2.45. The van der Waals surface area contributed by atoms with Crippen molar-refractivity contribution in [2.24, 2.45) is 5.92 Å². The Labute approximate surface area is 409 Å². The van der Waals surface area contributed by atoms with E-state index in [-0.39, 0.29) is 102 Å². The minimum Gasteiger partial charge on any atom is -0.391 e. The minimum absolute atomic E-state index is 0.0228. The third-order valence-corrected chi connectivity index (χ3v) is 14.4. The summed E-state index contributed by atoms with van der Waals surface area (Å²) >= 11 is 0. The lowest BCUT2D eigenvalue weighted by Crippen LogP contribution is -2.53. The van der Waals surface area contributed by atoms with Crippen molar-refractivity contribution in [3.05, 3.63) is 0 Å². The van der Waals surface area contributed by atoms with E-state index in [1.807, 2.05) is 6.92 Å². The number of hydrogen-bond acceptors (Lipinski definition) is 23. The van der Waals surface area contributed by atoms with Crippen molar-refractivity contribution in [2.75, 3.05) is 67.1 Å². The molecule has 8 aliphatic rings. The van der Waals surface area contributed by atoms with Gasteiger partial charge in [0.2, 0.25) is 0 Å². The molecule has 0 spiro atoms. The van der Waals surface area contributed by atoms with Crippen molar-refractivity contribution in [2.45, 2.75) is 226 Å². The van der Waals surface area contributed by atoms with E-state index < -0.39 is 117 Å². The number of aliphatic hydroxyl groups excluding tert-OH is 6. The van der Waals surface area contributed by atoms with Gasteiger partial charge in [-0.2, -0.15) is 0 Å². The summed E-state index contributed by atoms with van der Waals surface area (Å²) < 4.78 is 102. The predicted octanol–water partition coefficient (Wildman–Crippen LogP) is -0.282. The van der Waals surface area contributed by atoms with E-state index in [1.54, 1.807) is 14.2 Å². The fourth-order valence-electron chi connectivity index (χ4n) is 10.4. The molecule has 8 aliphatic heterocycles. The first-order valence-electron chi connectivity index (χ1n) is 25.5. The second-order valence-electron chi connectivity index (χ2n) is 20.1. The van der Waals surface area contributed by atoms with Gasteiger partial charge in [-0.25, -0.2) is 0 Å². The fourth-order valence-corrected chi connectivity index (χ4v) is 10.4. The van der Waals surface area contributed by atoms with E-state index in [4.69, 9.17) is 80.5 Å². The topological polar surface area (TPSA) is 278 Å². The Morgan fingerprint density at radius 2 is 0.700 bits per heavy atom. The van der Waals surface area contributed by atoms with Gasteiger partial charge >= 0.3 is 0 Å². The van der Waals surface area contributed by atoms with Crippen molar-refractivity contribution in [1.29, 1.82) is 0 Å². The van der Waals surface area contributed by atoms with E-state index in [0.717, 1.165) is 19.3 Å². The lowest BCUT2D eigenvalue weighted by molar-refractivity contribution is -0.331. The molecule has 0 bridgehead atoms. The molecule has 8 fully saturated rings. The molecule has 0 saturated carbocycles. The van der Waals surface area contributed by atoms with Gasteiger partial charge in [-0.1, -0.05) is 19.8 Å². The molecule has 0 radical (unpaired) electrons. The lowest BCUT2D eigenvalue weighted by atomic mass is 9.92. The summed E-state index contributed by atoms with van der Waals surface area (Å²) in [4.78, 5) is 0. The Kier molecular flexibility index (Phi) is 21.1. The van der Waals surface area contributed by atoms with E-state index >= 15 is 0 Å². The van der Waals surface area contributed by atoms with Crippen LogP contribution in [-0.2, 0) is 80.5 Å². The van der Waals surface area contributed by atoms with Gasteiger partial charge in [0, 0.05) is 65.1 Å². The lowest BCUT2D eigenvalue weighted by Gasteiger charge is -2.43. The largest absolute Gasteiger partial charge is 0.391 e.